The summed E-state index contributed by atoms with van der Waals surface area (Å²) < 4.78 is 32.6. The summed E-state index contributed by atoms with van der Waals surface area (Å²) in [6, 6.07) is 0. The van der Waals surface area contributed by atoms with Gasteiger partial charge in [0.2, 0.25) is 0 Å². The van der Waals surface area contributed by atoms with Gasteiger partial charge in [-0.05, 0) is 0 Å². The fourth-order valence-corrected chi connectivity index (χ4v) is 0.784. The largest absolute Gasteiger partial charge is 0.736 e. The minimum Gasteiger partial charge on any atom is -0.736 e. The summed E-state index contributed by atoms with van der Waals surface area (Å²) in [6.07, 6.45) is 0.565. The average Bonchev–Trinajstić information content (AvgIpc) is 2.38. The summed E-state index contributed by atoms with van der Waals surface area (Å²) in [5.74, 6) is 0. The van der Waals surface area contributed by atoms with Crippen molar-refractivity contribution in [2.24, 2.45) is 5.14 Å². The van der Waals surface area contributed by atoms with Crippen molar-refractivity contribution in [2.45, 2.75) is 6.10 Å². The highest BCUT2D eigenvalue weighted by Gasteiger charge is 2.28. The first-order valence-corrected chi connectivity index (χ1v) is 5.21. The molecule has 0 radical (unpaired) electrons. The molecule has 0 aromatic rings. The molecule has 1 saturated heterocycles. The van der Waals surface area contributed by atoms with Crippen LogP contribution in [0.1, 0.15) is 0 Å². The zero-order valence-electron chi connectivity index (χ0n) is 8.06. The third-order valence-electron chi connectivity index (χ3n) is 1.15. The molecule has 0 spiro atoms. The second kappa shape index (κ2) is 4.34. The third-order valence-corrected chi connectivity index (χ3v) is 1.15. The van der Waals surface area contributed by atoms with E-state index < -0.39 is 10.3 Å². The van der Waals surface area contributed by atoms with Gasteiger partial charge in [0.25, 0.3) is 0 Å². The van der Waals surface area contributed by atoms with Crippen molar-refractivity contribution in [3.8, 4) is 0 Å². The lowest BCUT2D eigenvalue weighted by atomic mass is 10.4. The van der Waals surface area contributed by atoms with Crippen LogP contribution in [0.5, 0.6) is 0 Å². The van der Waals surface area contributed by atoms with Gasteiger partial charge in [0.15, 0.2) is 10.3 Å². The lowest BCUT2D eigenvalue weighted by Gasteiger charge is -2.22. The lowest BCUT2D eigenvalue weighted by Crippen LogP contribution is -2.37. The van der Waals surface area contributed by atoms with Gasteiger partial charge in [-0.2, -0.15) is 0 Å². The molecular formula is C6H16N2O4S. The van der Waals surface area contributed by atoms with Crippen molar-refractivity contribution in [3.63, 3.8) is 0 Å². The molecule has 0 saturated carbocycles. The molecule has 1 heterocycles. The lowest BCUT2D eigenvalue weighted by molar-refractivity contribution is -0.870. The molecule has 6 nitrogen and oxygen atoms in total. The van der Waals surface area contributed by atoms with E-state index in [1.807, 2.05) is 0 Å². The van der Waals surface area contributed by atoms with Crippen LogP contribution in [0, 0.1) is 0 Å². The van der Waals surface area contributed by atoms with E-state index in [4.69, 9.17) is 17.7 Å². The van der Waals surface area contributed by atoms with Crippen molar-refractivity contribution < 1.29 is 22.2 Å². The Hall–Kier alpha value is -0.210. The molecule has 1 aliphatic rings. The van der Waals surface area contributed by atoms with Gasteiger partial charge in [-0.25, -0.2) is 13.6 Å². The fraction of sp³-hybridized carbons (Fsp3) is 1.00. The molecule has 0 bridgehead atoms. The zero-order chi connectivity index (χ0) is 10.7. The summed E-state index contributed by atoms with van der Waals surface area (Å²) >= 11 is 0. The standard InChI is InChI=1S/C6H14NO.H3NO3S/c1-7(2,3)4-6-5-8-6;1-5(2,3)4/h6H,4-5H2,1-3H3;(H3,1,2,3,4)/q+1;/p-1. The molecule has 1 rings (SSSR count). The van der Waals surface area contributed by atoms with Crippen molar-refractivity contribution >= 4 is 10.3 Å². The molecule has 0 aromatic heterocycles. The van der Waals surface area contributed by atoms with E-state index in [-0.39, 0.29) is 0 Å². The summed E-state index contributed by atoms with van der Waals surface area (Å²) in [7, 11) is 2.13. The maximum Gasteiger partial charge on any atom is 0.156 e. The number of hydrogen-bond acceptors (Lipinski definition) is 4. The molecule has 2 N–H and O–H groups in total. The SMILES string of the molecule is C[N+](C)(C)CC1CO1.NS(=O)(=O)[O-]. The van der Waals surface area contributed by atoms with Crippen LogP contribution in [0.3, 0.4) is 0 Å². The number of epoxide rings is 1. The quantitative estimate of drug-likeness (QED) is 0.342. The van der Waals surface area contributed by atoms with E-state index in [2.05, 4.69) is 26.3 Å². The van der Waals surface area contributed by atoms with Crippen LogP contribution in [0.15, 0.2) is 0 Å². The number of quaternary nitrogens is 1. The molecule has 0 aromatic carbocycles. The van der Waals surface area contributed by atoms with E-state index in [1.54, 1.807) is 0 Å². The maximum atomic E-state index is 8.85. The Kier molecular flexibility index (Phi) is 4.27. The van der Waals surface area contributed by atoms with Crippen LogP contribution in [0.4, 0.5) is 0 Å². The van der Waals surface area contributed by atoms with Crippen molar-refractivity contribution in [1.29, 1.82) is 0 Å². The van der Waals surface area contributed by atoms with Crippen LogP contribution < -0.4 is 5.14 Å². The first-order chi connectivity index (χ1) is 5.58. The molecule has 7 heteroatoms. The Bertz CT molecular complexity index is 232. The van der Waals surface area contributed by atoms with Crippen molar-refractivity contribution in [3.05, 3.63) is 0 Å². The van der Waals surface area contributed by atoms with Gasteiger partial charge < -0.3 is 13.8 Å². The van der Waals surface area contributed by atoms with Crippen LogP contribution in [0.2, 0.25) is 0 Å². The summed E-state index contributed by atoms with van der Waals surface area (Å²) in [4.78, 5) is 0. The van der Waals surface area contributed by atoms with E-state index in [1.165, 1.54) is 0 Å². The Morgan fingerprint density at radius 2 is 1.85 bits per heavy atom. The summed E-state index contributed by atoms with van der Waals surface area (Å²) in [5, 5.41) is 3.77. The first-order valence-electron chi connectivity index (χ1n) is 3.73. The molecule has 80 valence electrons. The molecule has 1 atom stereocenters. The Morgan fingerprint density at radius 3 is 1.92 bits per heavy atom. The highest BCUT2D eigenvalue weighted by molar-refractivity contribution is 7.83. The Morgan fingerprint density at radius 1 is 1.54 bits per heavy atom. The van der Waals surface area contributed by atoms with Crippen LogP contribution >= 0.6 is 0 Å². The van der Waals surface area contributed by atoms with E-state index in [9.17, 15) is 0 Å². The molecule has 0 amide bonds. The second-order valence-corrected chi connectivity index (χ2v) is 4.91. The molecule has 1 fully saturated rings. The number of likely N-dealkylation sites (N-methyl/N-ethyl adjacent to an activating group) is 1. The van der Waals surface area contributed by atoms with Gasteiger partial charge in [0, 0.05) is 0 Å². The van der Waals surface area contributed by atoms with Crippen LogP contribution in [-0.4, -0.2) is 57.9 Å². The summed E-state index contributed by atoms with van der Waals surface area (Å²) in [5.41, 5.74) is 0. The minimum absolute atomic E-state index is 0.565. The number of ether oxygens (including phenoxy) is 1. The van der Waals surface area contributed by atoms with E-state index in [0.717, 1.165) is 17.6 Å². The third kappa shape index (κ3) is 18.6. The van der Waals surface area contributed by atoms with E-state index >= 15 is 0 Å². The zero-order valence-corrected chi connectivity index (χ0v) is 8.87. The number of nitrogens with two attached hydrogens (primary N) is 1. The average molecular weight is 212 g/mol. The first kappa shape index (κ1) is 12.8. The topological polar surface area (TPSA) is 95.8 Å². The highest BCUT2D eigenvalue weighted by atomic mass is 32.2. The molecular weight excluding hydrogens is 196 g/mol. The van der Waals surface area contributed by atoms with Crippen molar-refractivity contribution in [1.82, 2.24) is 0 Å². The predicted molar refractivity (Wildman–Crippen MR) is 46.5 cm³/mol. The predicted octanol–water partition coefficient (Wildman–Crippen LogP) is -1.50. The van der Waals surface area contributed by atoms with Gasteiger partial charge in [-0.3, -0.25) is 0 Å². The Balaban J connectivity index is 0.000000252. The smallest absolute Gasteiger partial charge is 0.156 e. The maximum absolute atomic E-state index is 8.85. The van der Waals surface area contributed by atoms with Gasteiger partial charge in [0.1, 0.15) is 12.6 Å². The fourth-order valence-electron chi connectivity index (χ4n) is 0.784. The highest BCUT2D eigenvalue weighted by Crippen LogP contribution is 2.11. The van der Waals surface area contributed by atoms with Gasteiger partial charge in [-0.1, -0.05) is 0 Å². The van der Waals surface area contributed by atoms with Crippen LogP contribution in [-0.2, 0) is 15.0 Å². The van der Waals surface area contributed by atoms with Gasteiger partial charge >= 0.3 is 0 Å². The molecule has 1 unspecified atom stereocenters. The van der Waals surface area contributed by atoms with Gasteiger partial charge in [0.05, 0.1) is 27.7 Å². The number of nitrogens with zero attached hydrogens (tertiary/aromatic N) is 1. The number of hydrogen-bond donors (Lipinski definition) is 1. The monoisotopic (exact) mass is 212 g/mol. The normalized spacial score (nSPS) is 21.8. The molecule has 1 aliphatic heterocycles. The summed E-state index contributed by atoms with van der Waals surface area (Å²) in [6.45, 7) is 2.13. The Labute approximate surface area is 78.8 Å². The van der Waals surface area contributed by atoms with Crippen LogP contribution in [0.25, 0.3) is 0 Å². The second-order valence-electron chi connectivity index (χ2n) is 3.92. The van der Waals surface area contributed by atoms with E-state index in [0.29, 0.717) is 6.10 Å². The molecule has 13 heavy (non-hydrogen) atoms. The van der Waals surface area contributed by atoms with Crippen molar-refractivity contribution in [2.75, 3.05) is 34.3 Å². The minimum atomic E-state index is -4.42. The molecule has 0 aliphatic carbocycles. The van der Waals surface area contributed by atoms with Gasteiger partial charge in [-0.15, -0.1) is 0 Å². The number of rotatable bonds is 2.